The first-order valence-electron chi connectivity index (χ1n) is 6.28. The second kappa shape index (κ2) is 6.26. The van der Waals surface area contributed by atoms with E-state index in [1.54, 1.807) is 42.9 Å². The van der Waals surface area contributed by atoms with Gasteiger partial charge in [0.15, 0.2) is 0 Å². The predicted molar refractivity (Wildman–Crippen MR) is 74.7 cm³/mol. The van der Waals surface area contributed by atoms with Gasteiger partial charge < -0.3 is 20.1 Å². The van der Waals surface area contributed by atoms with E-state index in [4.69, 9.17) is 5.73 Å². The second-order valence-corrected chi connectivity index (χ2v) is 4.78. The number of aryl methyl sites for hydroxylation is 1. The number of amides is 2. The van der Waals surface area contributed by atoms with Crippen LogP contribution in [0.4, 0.5) is 5.69 Å². The highest BCUT2D eigenvalue weighted by Gasteiger charge is 2.21. The van der Waals surface area contributed by atoms with Gasteiger partial charge in [0.05, 0.1) is 5.69 Å². The van der Waals surface area contributed by atoms with Crippen molar-refractivity contribution in [3.8, 4) is 0 Å². The van der Waals surface area contributed by atoms with Crippen LogP contribution in [0.1, 0.15) is 23.8 Å². The predicted octanol–water partition coefficient (Wildman–Crippen LogP) is 0.548. The van der Waals surface area contributed by atoms with Crippen LogP contribution in [0, 0.1) is 0 Å². The van der Waals surface area contributed by atoms with Crippen LogP contribution in [0.15, 0.2) is 12.3 Å². The van der Waals surface area contributed by atoms with Crippen molar-refractivity contribution >= 4 is 17.5 Å². The summed E-state index contributed by atoms with van der Waals surface area (Å²) in [6.07, 6.45) is 2.48. The van der Waals surface area contributed by atoms with Crippen LogP contribution < -0.4 is 5.73 Å². The number of aromatic nitrogens is 1. The fraction of sp³-hybridized carbons (Fsp3) is 0.538. The Labute approximate surface area is 113 Å². The van der Waals surface area contributed by atoms with Crippen LogP contribution in [0.5, 0.6) is 0 Å². The Hall–Kier alpha value is -1.98. The summed E-state index contributed by atoms with van der Waals surface area (Å²) in [5, 5.41) is 0. The van der Waals surface area contributed by atoms with Crippen LogP contribution in [0.2, 0.25) is 0 Å². The Morgan fingerprint density at radius 1 is 1.37 bits per heavy atom. The third-order valence-corrected chi connectivity index (χ3v) is 2.85. The summed E-state index contributed by atoms with van der Waals surface area (Å²) in [5.74, 6) is -0.264. The Morgan fingerprint density at radius 3 is 2.42 bits per heavy atom. The fourth-order valence-corrected chi connectivity index (χ4v) is 1.79. The summed E-state index contributed by atoms with van der Waals surface area (Å²) >= 11 is 0. The molecule has 2 amide bonds. The van der Waals surface area contributed by atoms with E-state index >= 15 is 0 Å². The zero-order valence-corrected chi connectivity index (χ0v) is 12.0. The minimum atomic E-state index is -0.170. The molecular weight excluding hydrogens is 244 g/mol. The Bertz CT molecular complexity index is 465. The van der Waals surface area contributed by atoms with Crippen molar-refractivity contribution in [1.82, 2.24) is 14.4 Å². The highest BCUT2D eigenvalue weighted by atomic mass is 16.2. The minimum absolute atomic E-state index is 0.0881. The molecule has 6 heteroatoms. The molecule has 1 aromatic rings. The smallest absolute Gasteiger partial charge is 0.271 e. The Kier molecular flexibility index (Phi) is 4.97. The quantitative estimate of drug-likeness (QED) is 0.846. The van der Waals surface area contributed by atoms with Gasteiger partial charge in [-0.2, -0.15) is 0 Å². The molecule has 19 heavy (non-hydrogen) atoms. The van der Waals surface area contributed by atoms with Crippen molar-refractivity contribution in [2.75, 3.05) is 32.9 Å². The summed E-state index contributed by atoms with van der Waals surface area (Å²) in [7, 11) is 5.12. The van der Waals surface area contributed by atoms with Crippen molar-refractivity contribution in [2.45, 2.75) is 13.3 Å². The van der Waals surface area contributed by atoms with Gasteiger partial charge in [-0.05, 0) is 12.5 Å². The highest BCUT2D eigenvalue weighted by molar-refractivity contribution is 5.96. The number of nitrogen functional groups attached to an aromatic ring is 1. The molecule has 0 saturated carbocycles. The van der Waals surface area contributed by atoms with E-state index in [2.05, 4.69) is 0 Å². The van der Waals surface area contributed by atoms with Crippen molar-refractivity contribution in [3.63, 3.8) is 0 Å². The zero-order valence-electron chi connectivity index (χ0n) is 12.0. The van der Waals surface area contributed by atoms with E-state index in [9.17, 15) is 9.59 Å². The van der Waals surface area contributed by atoms with Crippen molar-refractivity contribution in [2.24, 2.45) is 7.05 Å². The first kappa shape index (κ1) is 15.1. The summed E-state index contributed by atoms with van der Waals surface area (Å²) < 4.78 is 1.68. The van der Waals surface area contributed by atoms with Crippen LogP contribution in [-0.4, -0.2) is 53.4 Å². The Balaban J connectivity index is 2.89. The molecule has 1 aromatic heterocycles. The summed E-state index contributed by atoms with van der Waals surface area (Å²) in [6, 6.07) is 1.63. The number of nitrogens with zero attached hydrogens (tertiary/aromatic N) is 3. The molecule has 1 heterocycles. The SMILES string of the molecule is CCCN(CC(=O)N(C)C)C(=O)c1cc(N)cn1C. The maximum atomic E-state index is 12.4. The third kappa shape index (κ3) is 3.74. The molecule has 0 unspecified atom stereocenters. The van der Waals surface area contributed by atoms with Crippen LogP contribution in [0.3, 0.4) is 0 Å². The maximum absolute atomic E-state index is 12.4. The van der Waals surface area contributed by atoms with Crippen LogP contribution >= 0.6 is 0 Å². The van der Waals surface area contributed by atoms with Gasteiger partial charge in [-0.15, -0.1) is 0 Å². The number of nitrogens with two attached hydrogens (primary N) is 1. The molecular formula is C13H22N4O2. The van der Waals surface area contributed by atoms with Gasteiger partial charge in [-0.3, -0.25) is 9.59 Å². The summed E-state index contributed by atoms with van der Waals surface area (Å²) in [6.45, 7) is 2.61. The van der Waals surface area contributed by atoms with E-state index < -0.39 is 0 Å². The van der Waals surface area contributed by atoms with Crippen molar-refractivity contribution < 1.29 is 9.59 Å². The average molecular weight is 266 g/mol. The first-order valence-corrected chi connectivity index (χ1v) is 6.28. The lowest BCUT2D eigenvalue weighted by atomic mass is 10.3. The third-order valence-electron chi connectivity index (χ3n) is 2.85. The molecule has 106 valence electrons. The number of anilines is 1. The van der Waals surface area contributed by atoms with Gasteiger partial charge in [0.25, 0.3) is 5.91 Å². The number of hydrogen-bond acceptors (Lipinski definition) is 3. The normalized spacial score (nSPS) is 10.3. The molecule has 0 fully saturated rings. The van der Waals surface area contributed by atoms with Crippen LogP contribution in [0.25, 0.3) is 0 Å². The molecule has 0 aliphatic carbocycles. The largest absolute Gasteiger partial charge is 0.397 e. The van der Waals surface area contributed by atoms with Crippen LogP contribution in [-0.2, 0) is 11.8 Å². The molecule has 0 saturated heterocycles. The van der Waals surface area contributed by atoms with E-state index in [-0.39, 0.29) is 18.4 Å². The maximum Gasteiger partial charge on any atom is 0.271 e. The number of hydrogen-bond donors (Lipinski definition) is 1. The van der Waals surface area contributed by atoms with E-state index in [1.165, 1.54) is 4.90 Å². The highest BCUT2D eigenvalue weighted by Crippen LogP contribution is 2.12. The number of likely N-dealkylation sites (N-methyl/N-ethyl adjacent to an activating group) is 1. The van der Waals surface area contributed by atoms with Crippen molar-refractivity contribution in [3.05, 3.63) is 18.0 Å². The lowest BCUT2D eigenvalue weighted by molar-refractivity contribution is -0.129. The molecule has 0 radical (unpaired) electrons. The van der Waals surface area contributed by atoms with E-state index in [1.807, 2.05) is 6.92 Å². The summed E-state index contributed by atoms with van der Waals surface area (Å²) in [5.41, 5.74) is 6.71. The molecule has 0 aliphatic rings. The number of carbonyl (C=O) groups is 2. The molecule has 0 bridgehead atoms. The van der Waals surface area contributed by atoms with Crippen molar-refractivity contribution in [1.29, 1.82) is 0 Å². The zero-order chi connectivity index (χ0) is 14.6. The fourth-order valence-electron chi connectivity index (χ4n) is 1.79. The number of carbonyl (C=O) groups excluding carboxylic acids is 2. The van der Waals surface area contributed by atoms with Gasteiger partial charge in [0, 0.05) is 33.9 Å². The van der Waals surface area contributed by atoms with E-state index in [0.717, 1.165) is 6.42 Å². The molecule has 0 atom stereocenters. The van der Waals surface area contributed by atoms with E-state index in [0.29, 0.717) is 17.9 Å². The monoisotopic (exact) mass is 266 g/mol. The molecule has 0 aromatic carbocycles. The molecule has 0 spiro atoms. The molecule has 6 nitrogen and oxygen atoms in total. The molecule has 1 rings (SSSR count). The molecule has 0 aliphatic heterocycles. The topological polar surface area (TPSA) is 71.6 Å². The van der Waals surface area contributed by atoms with Gasteiger partial charge in [-0.1, -0.05) is 6.92 Å². The second-order valence-electron chi connectivity index (χ2n) is 4.78. The van der Waals surface area contributed by atoms with Gasteiger partial charge in [0.2, 0.25) is 5.91 Å². The van der Waals surface area contributed by atoms with Gasteiger partial charge >= 0.3 is 0 Å². The first-order chi connectivity index (χ1) is 8.86. The molecule has 2 N–H and O–H groups in total. The Morgan fingerprint density at radius 2 is 2.00 bits per heavy atom. The standard InChI is InChI=1S/C13H22N4O2/c1-5-6-17(9-12(18)15(2)3)13(19)11-7-10(14)8-16(11)4/h7-8H,5-6,9,14H2,1-4H3. The average Bonchev–Trinajstić information content (AvgIpc) is 2.66. The van der Waals surface area contributed by atoms with Gasteiger partial charge in [0.1, 0.15) is 12.2 Å². The van der Waals surface area contributed by atoms with Gasteiger partial charge in [-0.25, -0.2) is 0 Å². The minimum Gasteiger partial charge on any atom is -0.397 e. The summed E-state index contributed by atoms with van der Waals surface area (Å²) in [4.78, 5) is 27.2. The lowest BCUT2D eigenvalue weighted by Crippen LogP contribution is -2.41. The number of rotatable bonds is 5. The lowest BCUT2D eigenvalue weighted by Gasteiger charge is -2.23.